The van der Waals surface area contributed by atoms with Crippen LogP contribution in [-0.2, 0) is 26.1 Å². The average Bonchev–Trinajstić information content (AvgIpc) is 3.48. The number of sulfonamides is 1. The fourth-order valence-electron chi connectivity index (χ4n) is 3.74. The van der Waals surface area contributed by atoms with E-state index in [1.807, 2.05) is 13.0 Å². The van der Waals surface area contributed by atoms with E-state index >= 15 is 0 Å². The Hall–Kier alpha value is -3.02. The number of esters is 1. The first-order valence-corrected chi connectivity index (χ1v) is 13.1. The number of fused-ring (bicyclic) bond motifs is 1. The van der Waals surface area contributed by atoms with Gasteiger partial charge in [-0.3, -0.25) is 9.59 Å². The summed E-state index contributed by atoms with van der Waals surface area (Å²) >= 11 is 1.25. The van der Waals surface area contributed by atoms with E-state index in [1.165, 1.54) is 47.0 Å². The number of nitrogens with zero attached hydrogens (tertiary/aromatic N) is 3. The monoisotopic (exact) mass is 503 g/mol. The third kappa shape index (κ3) is 4.91. The van der Waals surface area contributed by atoms with Crippen molar-refractivity contribution in [3.05, 3.63) is 52.8 Å². The van der Waals surface area contributed by atoms with Crippen molar-refractivity contribution in [3.8, 4) is 5.75 Å². The molecule has 0 atom stereocenters. The molecular formula is C23H25N3O6S2. The lowest BCUT2D eigenvalue weighted by Crippen LogP contribution is -2.27. The Morgan fingerprint density at radius 1 is 1.09 bits per heavy atom. The highest BCUT2D eigenvalue weighted by atomic mass is 32.2. The van der Waals surface area contributed by atoms with Gasteiger partial charge in [-0.2, -0.15) is 9.30 Å². The Labute approximate surface area is 201 Å². The summed E-state index contributed by atoms with van der Waals surface area (Å²) in [5, 5.41) is 0. The second-order valence-electron chi connectivity index (χ2n) is 7.66. The minimum Gasteiger partial charge on any atom is -0.494 e. The van der Waals surface area contributed by atoms with Crippen molar-refractivity contribution in [2.75, 3.05) is 26.8 Å². The number of hydrogen-bond acceptors (Lipinski definition) is 7. The Morgan fingerprint density at radius 2 is 1.79 bits per heavy atom. The van der Waals surface area contributed by atoms with E-state index < -0.39 is 21.9 Å². The van der Waals surface area contributed by atoms with Gasteiger partial charge in [0.2, 0.25) is 10.0 Å². The maximum absolute atomic E-state index is 12.9. The van der Waals surface area contributed by atoms with Gasteiger partial charge >= 0.3 is 5.97 Å². The zero-order valence-corrected chi connectivity index (χ0v) is 20.5. The normalized spacial score (nSPS) is 15.1. The van der Waals surface area contributed by atoms with Gasteiger partial charge < -0.3 is 14.0 Å². The van der Waals surface area contributed by atoms with Crippen molar-refractivity contribution < 1.29 is 27.5 Å². The molecule has 1 amide bonds. The van der Waals surface area contributed by atoms with E-state index in [9.17, 15) is 18.0 Å². The molecule has 0 unspecified atom stereocenters. The SMILES string of the molecule is CCOc1ccc2c(c1)sc(=NC(=O)c1ccc(S(=O)(=O)N3CCCC3)cc1)n2CC(=O)OC. The van der Waals surface area contributed by atoms with Crippen LogP contribution < -0.4 is 9.54 Å². The van der Waals surface area contributed by atoms with Gasteiger partial charge in [-0.15, -0.1) is 0 Å². The quantitative estimate of drug-likeness (QED) is 0.459. The number of carbonyl (C=O) groups is 2. The van der Waals surface area contributed by atoms with E-state index in [0.717, 1.165) is 23.1 Å². The number of benzene rings is 2. The smallest absolute Gasteiger partial charge is 0.325 e. The number of carbonyl (C=O) groups excluding carboxylic acids is 2. The largest absolute Gasteiger partial charge is 0.494 e. The van der Waals surface area contributed by atoms with Crippen LogP contribution >= 0.6 is 11.3 Å². The maximum Gasteiger partial charge on any atom is 0.325 e. The molecule has 0 bridgehead atoms. The topological polar surface area (TPSA) is 107 Å². The zero-order valence-electron chi connectivity index (χ0n) is 18.9. The lowest BCUT2D eigenvalue weighted by Gasteiger charge is -2.15. The first kappa shape index (κ1) is 24.1. The Morgan fingerprint density at radius 3 is 2.44 bits per heavy atom. The molecule has 3 aromatic rings. The third-order valence-corrected chi connectivity index (χ3v) is 8.44. The van der Waals surface area contributed by atoms with Crippen LogP contribution in [0.2, 0.25) is 0 Å². The van der Waals surface area contributed by atoms with Crippen LogP contribution in [0.15, 0.2) is 52.4 Å². The van der Waals surface area contributed by atoms with Crippen LogP contribution in [0.3, 0.4) is 0 Å². The predicted octanol–water partition coefficient (Wildman–Crippen LogP) is 2.80. The molecule has 1 aliphatic heterocycles. The Bertz CT molecular complexity index is 1380. The lowest BCUT2D eigenvalue weighted by molar-refractivity contribution is -0.141. The fraction of sp³-hybridized carbons (Fsp3) is 0.348. The van der Waals surface area contributed by atoms with E-state index in [-0.39, 0.29) is 17.0 Å². The summed E-state index contributed by atoms with van der Waals surface area (Å²) in [7, 11) is -2.27. The molecule has 2 heterocycles. The number of amides is 1. The summed E-state index contributed by atoms with van der Waals surface area (Å²) in [6.07, 6.45) is 1.70. The summed E-state index contributed by atoms with van der Waals surface area (Å²) in [4.78, 5) is 29.6. The predicted molar refractivity (Wildman–Crippen MR) is 127 cm³/mol. The molecule has 0 N–H and O–H groups in total. The number of ether oxygens (including phenoxy) is 2. The van der Waals surface area contributed by atoms with Crippen LogP contribution in [-0.4, -0.2) is 56.0 Å². The number of rotatable bonds is 7. The number of thiazole rings is 1. The fourth-order valence-corrected chi connectivity index (χ4v) is 6.31. The Balaban J connectivity index is 1.69. The minimum atomic E-state index is -3.56. The molecule has 0 saturated carbocycles. The molecule has 1 saturated heterocycles. The minimum absolute atomic E-state index is 0.108. The average molecular weight is 504 g/mol. The van der Waals surface area contributed by atoms with E-state index in [1.54, 1.807) is 16.7 Å². The van der Waals surface area contributed by atoms with E-state index in [4.69, 9.17) is 9.47 Å². The number of methoxy groups -OCH3 is 1. The van der Waals surface area contributed by atoms with Crippen molar-refractivity contribution in [3.63, 3.8) is 0 Å². The van der Waals surface area contributed by atoms with Gasteiger partial charge in [0.05, 0.1) is 28.8 Å². The third-order valence-electron chi connectivity index (χ3n) is 5.48. The zero-order chi connectivity index (χ0) is 24.3. The second kappa shape index (κ2) is 10.1. The van der Waals surface area contributed by atoms with Gasteiger partial charge in [0.15, 0.2) is 4.80 Å². The van der Waals surface area contributed by atoms with Crippen molar-refractivity contribution in [2.24, 2.45) is 4.99 Å². The molecule has 2 aromatic carbocycles. The van der Waals surface area contributed by atoms with Crippen molar-refractivity contribution in [2.45, 2.75) is 31.2 Å². The van der Waals surface area contributed by atoms with E-state index in [2.05, 4.69) is 4.99 Å². The molecule has 1 aliphatic rings. The Kier molecular flexibility index (Phi) is 7.15. The highest BCUT2D eigenvalue weighted by Crippen LogP contribution is 2.24. The molecule has 1 aromatic heterocycles. The van der Waals surface area contributed by atoms with Gasteiger partial charge in [-0.05, 0) is 62.2 Å². The summed E-state index contributed by atoms with van der Waals surface area (Å²) in [5.74, 6) is -0.339. The molecule has 1 fully saturated rings. The van der Waals surface area contributed by atoms with Crippen molar-refractivity contribution >= 4 is 43.5 Å². The molecule has 0 radical (unpaired) electrons. The second-order valence-corrected chi connectivity index (χ2v) is 10.6. The highest BCUT2D eigenvalue weighted by molar-refractivity contribution is 7.89. The van der Waals surface area contributed by atoms with Gasteiger partial charge in [-0.25, -0.2) is 8.42 Å². The van der Waals surface area contributed by atoms with Gasteiger partial charge in [0.25, 0.3) is 5.91 Å². The standard InChI is InChI=1S/C23H25N3O6S2/c1-3-32-17-8-11-19-20(14-17)33-23(26(19)15-21(27)31-2)24-22(28)16-6-9-18(10-7-16)34(29,30)25-12-4-5-13-25/h6-11,14H,3-5,12-13,15H2,1-2H3. The van der Waals surface area contributed by atoms with Gasteiger partial charge in [0.1, 0.15) is 12.3 Å². The molecule has 180 valence electrons. The first-order valence-electron chi connectivity index (χ1n) is 10.9. The summed E-state index contributed by atoms with van der Waals surface area (Å²) in [6.45, 7) is 3.31. The molecule has 0 spiro atoms. The van der Waals surface area contributed by atoms with E-state index in [0.29, 0.717) is 30.2 Å². The molecule has 0 aliphatic carbocycles. The van der Waals surface area contributed by atoms with Crippen molar-refractivity contribution in [1.82, 2.24) is 8.87 Å². The van der Waals surface area contributed by atoms with Crippen LogP contribution in [0.25, 0.3) is 10.2 Å². The molecule has 11 heteroatoms. The van der Waals surface area contributed by atoms with Crippen LogP contribution in [0.4, 0.5) is 0 Å². The summed E-state index contributed by atoms with van der Waals surface area (Å²) < 4.78 is 39.7. The lowest BCUT2D eigenvalue weighted by atomic mass is 10.2. The molecule has 34 heavy (non-hydrogen) atoms. The summed E-state index contributed by atoms with van der Waals surface area (Å²) in [6, 6.07) is 11.2. The summed E-state index contributed by atoms with van der Waals surface area (Å²) in [5.41, 5.74) is 0.968. The number of hydrogen-bond donors (Lipinski definition) is 0. The van der Waals surface area contributed by atoms with Gasteiger partial charge in [0, 0.05) is 18.7 Å². The van der Waals surface area contributed by atoms with Crippen LogP contribution in [0.5, 0.6) is 5.75 Å². The first-order chi connectivity index (χ1) is 16.3. The molecule has 9 nitrogen and oxygen atoms in total. The van der Waals surface area contributed by atoms with Crippen molar-refractivity contribution in [1.29, 1.82) is 0 Å². The number of aromatic nitrogens is 1. The maximum atomic E-state index is 12.9. The van der Waals surface area contributed by atoms with Gasteiger partial charge in [-0.1, -0.05) is 11.3 Å². The molecular weight excluding hydrogens is 478 g/mol. The molecule has 4 rings (SSSR count). The highest BCUT2D eigenvalue weighted by Gasteiger charge is 2.27. The van der Waals surface area contributed by atoms with Crippen LogP contribution in [0.1, 0.15) is 30.1 Å². The van der Waals surface area contributed by atoms with Crippen LogP contribution in [0, 0.1) is 0 Å².